The van der Waals surface area contributed by atoms with Crippen molar-refractivity contribution in [3.8, 4) is 5.75 Å². The van der Waals surface area contributed by atoms with Gasteiger partial charge in [-0.05, 0) is 36.7 Å². The highest BCUT2D eigenvalue weighted by molar-refractivity contribution is 5.36. The van der Waals surface area contributed by atoms with Crippen molar-refractivity contribution in [3.05, 3.63) is 29.3 Å². The highest BCUT2D eigenvalue weighted by Gasteiger charge is 2.12. The van der Waals surface area contributed by atoms with Crippen molar-refractivity contribution in [1.82, 2.24) is 0 Å². The Labute approximate surface area is 81.7 Å². The Kier molecular flexibility index (Phi) is 3.83. The van der Waals surface area contributed by atoms with Crippen LogP contribution in [0.2, 0.25) is 0 Å². The van der Waals surface area contributed by atoms with Crippen LogP contribution < -0.4 is 10.5 Å². The van der Waals surface area contributed by atoms with Crippen LogP contribution in [0.25, 0.3) is 0 Å². The molecule has 0 aromatic heterocycles. The molecule has 1 rings (SSSR count). The van der Waals surface area contributed by atoms with Gasteiger partial charge in [0.15, 0.2) is 0 Å². The smallest absolute Gasteiger partial charge is 0.264 e. The topological polar surface area (TPSA) is 35.2 Å². The Bertz CT molecular complexity index is 302. The second-order valence-electron chi connectivity index (χ2n) is 2.90. The minimum atomic E-state index is -2.46. The van der Waals surface area contributed by atoms with Gasteiger partial charge in [0.25, 0.3) is 6.43 Å². The van der Waals surface area contributed by atoms with E-state index in [0.717, 1.165) is 0 Å². The number of hydrogen-bond acceptors (Lipinski definition) is 2. The molecule has 0 radical (unpaired) electrons. The summed E-state index contributed by atoms with van der Waals surface area (Å²) in [6.07, 6.45) is -2.01. The maximum Gasteiger partial charge on any atom is 0.264 e. The van der Waals surface area contributed by atoms with Crippen molar-refractivity contribution in [2.75, 3.05) is 13.7 Å². The van der Waals surface area contributed by atoms with E-state index in [1.165, 1.54) is 19.2 Å². The van der Waals surface area contributed by atoms with E-state index in [9.17, 15) is 8.78 Å². The lowest BCUT2D eigenvalue weighted by atomic mass is 10.0. The number of nitrogens with two attached hydrogens (primary N) is 1. The van der Waals surface area contributed by atoms with Crippen molar-refractivity contribution in [2.45, 2.75) is 12.8 Å². The number of alkyl halides is 2. The van der Waals surface area contributed by atoms with Crippen LogP contribution in [0.3, 0.4) is 0 Å². The van der Waals surface area contributed by atoms with E-state index < -0.39 is 6.43 Å². The Morgan fingerprint density at radius 1 is 1.43 bits per heavy atom. The van der Waals surface area contributed by atoms with E-state index in [0.29, 0.717) is 24.3 Å². The first-order chi connectivity index (χ1) is 6.69. The second kappa shape index (κ2) is 4.91. The molecule has 1 aromatic rings. The Hall–Kier alpha value is -1.16. The molecular formula is C10H13F2NO. The highest BCUT2D eigenvalue weighted by Crippen LogP contribution is 2.26. The summed E-state index contributed by atoms with van der Waals surface area (Å²) in [5.41, 5.74) is 5.93. The molecule has 78 valence electrons. The van der Waals surface area contributed by atoms with Crippen molar-refractivity contribution in [2.24, 2.45) is 5.73 Å². The van der Waals surface area contributed by atoms with Gasteiger partial charge in [-0.2, -0.15) is 0 Å². The van der Waals surface area contributed by atoms with Gasteiger partial charge in [-0.3, -0.25) is 0 Å². The van der Waals surface area contributed by atoms with Crippen LogP contribution >= 0.6 is 0 Å². The predicted molar refractivity (Wildman–Crippen MR) is 50.7 cm³/mol. The predicted octanol–water partition coefficient (Wildman–Crippen LogP) is 2.13. The molecule has 2 nitrogen and oxygen atoms in total. The summed E-state index contributed by atoms with van der Waals surface area (Å²) in [5, 5.41) is 0. The van der Waals surface area contributed by atoms with Crippen LogP contribution in [-0.2, 0) is 6.42 Å². The third-order valence-electron chi connectivity index (χ3n) is 2.00. The van der Waals surface area contributed by atoms with Crippen LogP contribution in [0.15, 0.2) is 18.2 Å². The molecule has 2 N–H and O–H groups in total. The van der Waals surface area contributed by atoms with Gasteiger partial charge in [0.2, 0.25) is 0 Å². The summed E-state index contributed by atoms with van der Waals surface area (Å²) in [5.74, 6) is 0.581. The number of benzene rings is 1. The molecule has 14 heavy (non-hydrogen) atoms. The number of ether oxygens (including phenoxy) is 1. The normalized spacial score (nSPS) is 10.6. The largest absolute Gasteiger partial charge is 0.497 e. The maximum absolute atomic E-state index is 12.5. The average Bonchev–Trinajstić information content (AvgIpc) is 2.17. The van der Waals surface area contributed by atoms with Crippen LogP contribution in [0.5, 0.6) is 5.75 Å². The first-order valence-corrected chi connectivity index (χ1v) is 4.34. The van der Waals surface area contributed by atoms with Gasteiger partial charge in [0, 0.05) is 5.56 Å². The molecule has 0 amide bonds. The minimum absolute atomic E-state index is 0.0382. The lowest BCUT2D eigenvalue weighted by molar-refractivity contribution is 0.150. The summed E-state index contributed by atoms with van der Waals surface area (Å²) < 4.78 is 30.0. The van der Waals surface area contributed by atoms with Crippen LogP contribution in [-0.4, -0.2) is 13.7 Å². The molecule has 0 aliphatic rings. The first-order valence-electron chi connectivity index (χ1n) is 4.34. The lowest BCUT2D eigenvalue weighted by Crippen LogP contribution is -2.05. The van der Waals surface area contributed by atoms with E-state index in [2.05, 4.69) is 0 Å². The number of methoxy groups -OCH3 is 1. The maximum atomic E-state index is 12.5. The van der Waals surface area contributed by atoms with E-state index in [1.54, 1.807) is 6.07 Å². The highest BCUT2D eigenvalue weighted by atomic mass is 19.3. The first kappa shape index (κ1) is 10.9. The third-order valence-corrected chi connectivity index (χ3v) is 2.00. The van der Waals surface area contributed by atoms with Crippen molar-refractivity contribution >= 4 is 0 Å². The van der Waals surface area contributed by atoms with Gasteiger partial charge < -0.3 is 10.5 Å². The van der Waals surface area contributed by atoms with Gasteiger partial charge in [-0.25, -0.2) is 8.78 Å². The summed E-state index contributed by atoms with van der Waals surface area (Å²) in [4.78, 5) is 0. The number of rotatable bonds is 4. The number of halogens is 2. The molecule has 0 aliphatic carbocycles. The molecule has 0 saturated carbocycles. The molecule has 0 unspecified atom stereocenters. The van der Waals surface area contributed by atoms with E-state index in [4.69, 9.17) is 10.5 Å². The molecule has 0 heterocycles. The second-order valence-corrected chi connectivity index (χ2v) is 2.90. The van der Waals surface area contributed by atoms with Gasteiger partial charge in [0.05, 0.1) is 7.11 Å². The average molecular weight is 201 g/mol. The molecule has 4 heteroatoms. The van der Waals surface area contributed by atoms with E-state index in [1.807, 2.05) is 0 Å². The fourth-order valence-corrected chi connectivity index (χ4v) is 1.29. The Morgan fingerprint density at radius 2 is 2.14 bits per heavy atom. The summed E-state index contributed by atoms with van der Waals surface area (Å²) in [6, 6.07) is 4.52. The quantitative estimate of drug-likeness (QED) is 0.809. The molecule has 0 atom stereocenters. The van der Waals surface area contributed by atoms with Gasteiger partial charge in [-0.15, -0.1) is 0 Å². The van der Waals surface area contributed by atoms with Crippen LogP contribution in [0.1, 0.15) is 17.6 Å². The summed E-state index contributed by atoms with van der Waals surface area (Å²) in [7, 11) is 1.50. The van der Waals surface area contributed by atoms with Crippen LogP contribution in [0.4, 0.5) is 8.78 Å². The zero-order valence-corrected chi connectivity index (χ0v) is 7.97. The van der Waals surface area contributed by atoms with Crippen LogP contribution in [0, 0.1) is 0 Å². The molecule has 0 fully saturated rings. The zero-order valence-electron chi connectivity index (χ0n) is 7.97. The molecule has 0 saturated heterocycles. The third kappa shape index (κ3) is 2.42. The van der Waals surface area contributed by atoms with Crippen molar-refractivity contribution in [1.29, 1.82) is 0 Å². The van der Waals surface area contributed by atoms with Gasteiger partial charge in [-0.1, -0.05) is 0 Å². The molecule has 1 aromatic carbocycles. The molecule has 0 bridgehead atoms. The minimum Gasteiger partial charge on any atom is -0.497 e. The lowest BCUT2D eigenvalue weighted by Gasteiger charge is -2.09. The number of hydrogen-bond donors (Lipinski definition) is 1. The monoisotopic (exact) mass is 201 g/mol. The SMILES string of the molecule is COc1ccc(C(F)F)c(CCN)c1. The zero-order chi connectivity index (χ0) is 10.6. The van der Waals surface area contributed by atoms with Gasteiger partial charge >= 0.3 is 0 Å². The van der Waals surface area contributed by atoms with Crippen molar-refractivity contribution < 1.29 is 13.5 Å². The van der Waals surface area contributed by atoms with E-state index in [-0.39, 0.29) is 5.56 Å². The van der Waals surface area contributed by atoms with E-state index >= 15 is 0 Å². The summed E-state index contributed by atoms with van der Waals surface area (Å²) in [6.45, 7) is 0.354. The standard InChI is InChI=1S/C10H13F2NO/c1-14-8-2-3-9(10(11)12)7(6-8)4-5-13/h2-3,6,10H,4-5,13H2,1H3. The fourth-order valence-electron chi connectivity index (χ4n) is 1.29. The molecular weight excluding hydrogens is 188 g/mol. The molecule has 0 spiro atoms. The van der Waals surface area contributed by atoms with Crippen molar-refractivity contribution in [3.63, 3.8) is 0 Å². The Balaban J connectivity index is 3.03. The Morgan fingerprint density at radius 3 is 2.64 bits per heavy atom. The van der Waals surface area contributed by atoms with Gasteiger partial charge in [0.1, 0.15) is 5.75 Å². The summed E-state index contributed by atoms with van der Waals surface area (Å²) >= 11 is 0. The fraction of sp³-hybridized carbons (Fsp3) is 0.400. The molecule has 0 aliphatic heterocycles.